The van der Waals surface area contributed by atoms with E-state index < -0.39 is 23.9 Å². The van der Waals surface area contributed by atoms with Crippen molar-refractivity contribution >= 4 is 51.2 Å². The molecule has 4 aromatic rings. The van der Waals surface area contributed by atoms with E-state index in [-0.39, 0.29) is 71.2 Å². The molecule has 0 aliphatic rings. The predicted octanol–water partition coefficient (Wildman–Crippen LogP) is 6.57. The fraction of sp³-hybridized carbons (Fsp3) is 0.417. The van der Waals surface area contributed by atoms with Gasteiger partial charge in [0.1, 0.15) is 0 Å². The van der Waals surface area contributed by atoms with E-state index in [1.54, 1.807) is 48.5 Å². The van der Waals surface area contributed by atoms with Crippen molar-refractivity contribution in [1.29, 1.82) is 0 Å². The summed E-state index contributed by atoms with van der Waals surface area (Å²) in [4.78, 5) is 42.1. The number of carbonyl (C=O) groups is 4. The van der Waals surface area contributed by atoms with Gasteiger partial charge in [-0.3, -0.25) is 0 Å². The van der Waals surface area contributed by atoms with Crippen molar-refractivity contribution in [2.45, 2.75) is 130 Å². The minimum atomic E-state index is -1.12. The molecular formula is C48H60O8Pb-4. The number of benzene rings is 4. The molecule has 0 aliphatic heterocycles. The molecule has 4 aromatic carbocycles. The Morgan fingerprint density at radius 2 is 0.456 bits per heavy atom. The summed E-state index contributed by atoms with van der Waals surface area (Å²) in [5.41, 5.74) is 5.98. The molecule has 0 aliphatic carbocycles. The Balaban J connectivity index is 0.000000729. The second kappa shape index (κ2) is 23.2. The molecule has 4 rings (SSSR count). The van der Waals surface area contributed by atoms with Crippen LogP contribution in [0.3, 0.4) is 0 Å². The number of hydrogen-bond donors (Lipinski definition) is 0. The zero-order valence-corrected chi connectivity index (χ0v) is 39.7. The summed E-state index contributed by atoms with van der Waals surface area (Å²) < 4.78 is 0. The van der Waals surface area contributed by atoms with Gasteiger partial charge in [-0.1, -0.05) is 180 Å². The smallest absolute Gasteiger partial charge is 0.0715 e. The van der Waals surface area contributed by atoms with Gasteiger partial charge in [0.2, 0.25) is 0 Å². The van der Waals surface area contributed by atoms with Crippen LogP contribution in [0.1, 0.15) is 172 Å². The molecule has 0 saturated heterocycles. The van der Waals surface area contributed by atoms with Gasteiger partial charge in [-0.2, -0.15) is 0 Å². The van der Waals surface area contributed by atoms with Crippen molar-refractivity contribution in [2.75, 3.05) is 0 Å². The van der Waals surface area contributed by atoms with Crippen LogP contribution in [0.15, 0.2) is 97.1 Å². The predicted molar refractivity (Wildman–Crippen MR) is 222 cm³/mol. The molecule has 9 heteroatoms. The monoisotopic (exact) mass is 972 g/mol. The second-order valence-corrected chi connectivity index (χ2v) is 16.4. The molecule has 0 amide bonds. The average Bonchev–Trinajstić information content (AvgIpc) is 3.18. The van der Waals surface area contributed by atoms with E-state index in [0.29, 0.717) is 0 Å². The van der Waals surface area contributed by atoms with Crippen molar-refractivity contribution in [3.05, 3.63) is 142 Å². The summed E-state index contributed by atoms with van der Waals surface area (Å²) >= 11 is 0. The molecule has 0 atom stereocenters. The number of carboxylic acid groups (broad SMARTS) is 4. The van der Waals surface area contributed by atoms with Crippen molar-refractivity contribution < 1.29 is 39.6 Å². The first-order chi connectivity index (χ1) is 25.9. The van der Waals surface area contributed by atoms with E-state index >= 15 is 0 Å². The van der Waals surface area contributed by atoms with Crippen molar-refractivity contribution in [2.24, 2.45) is 0 Å². The van der Waals surface area contributed by atoms with Crippen LogP contribution in [0, 0.1) is 0 Å². The average molecular weight is 972 g/mol. The van der Waals surface area contributed by atoms with Crippen molar-refractivity contribution in [3.8, 4) is 0 Å². The maximum Gasteiger partial charge on any atom is 0.0715 e. The molecule has 0 aromatic heterocycles. The van der Waals surface area contributed by atoms with Crippen LogP contribution in [0.2, 0.25) is 0 Å². The first kappa shape index (κ1) is 52.7. The van der Waals surface area contributed by atoms with Crippen molar-refractivity contribution in [1.82, 2.24) is 0 Å². The Bertz CT molecular complexity index is 1580. The molecule has 0 saturated carbocycles. The van der Waals surface area contributed by atoms with Gasteiger partial charge >= 0.3 is 0 Å². The SMILES string of the molecule is CCC(C)(C)c1ccc(C(=O)[O-])cc1.CCC(C)(C)c1ccc(C(=O)[O-])cc1.CCC(C)(C)c1ccc(C(=O)[O-])cc1.CCC(C)(C)c1ccc(C(=O)[O-])cc1.[Pb]. The molecule has 8 nitrogen and oxygen atoms in total. The summed E-state index contributed by atoms with van der Waals surface area (Å²) in [5.74, 6) is -4.48. The van der Waals surface area contributed by atoms with Gasteiger partial charge in [-0.05, 0) is 91.9 Å². The molecule has 0 unspecified atom stereocenters. The van der Waals surface area contributed by atoms with E-state index in [1.165, 1.54) is 0 Å². The molecule has 4 radical (unpaired) electrons. The minimum absolute atomic E-state index is 0. The molecule has 0 N–H and O–H groups in total. The maximum atomic E-state index is 10.5. The van der Waals surface area contributed by atoms with Crippen LogP contribution in [0.25, 0.3) is 0 Å². The number of aromatic carboxylic acids is 4. The van der Waals surface area contributed by atoms with Crippen LogP contribution in [-0.4, -0.2) is 51.2 Å². The van der Waals surface area contributed by atoms with Crippen LogP contribution in [-0.2, 0) is 21.7 Å². The van der Waals surface area contributed by atoms with Gasteiger partial charge in [-0.15, -0.1) is 0 Å². The third-order valence-corrected chi connectivity index (χ3v) is 11.1. The molecule has 0 bridgehead atoms. The van der Waals surface area contributed by atoms with Gasteiger partial charge in [0, 0.05) is 27.3 Å². The minimum Gasteiger partial charge on any atom is -0.545 e. The molecule has 308 valence electrons. The summed E-state index contributed by atoms with van der Waals surface area (Å²) in [6, 6.07) is 27.6. The molecule has 57 heavy (non-hydrogen) atoms. The first-order valence-electron chi connectivity index (χ1n) is 19.2. The van der Waals surface area contributed by atoms with E-state index in [0.717, 1.165) is 47.9 Å². The standard InChI is InChI=1S/4C12H16O2.Pb/c4*1-4-12(2,3)10-7-5-9(6-8-10)11(13)14;/h4*5-8H,4H2,1-3H3,(H,13,14);/p-4. The quantitative estimate of drug-likeness (QED) is 0.144. The third kappa shape index (κ3) is 16.6. The van der Waals surface area contributed by atoms with E-state index in [9.17, 15) is 39.6 Å². The van der Waals surface area contributed by atoms with E-state index in [4.69, 9.17) is 0 Å². The molecule has 0 spiro atoms. The molecule has 0 fully saturated rings. The first-order valence-corrected chi connectivity index (χ1v) is 19.2. The molecular weight excluding hydrogens is 912 g/mol. The summed E-state index contributed by atoms with van der Waals surface area (Å²) in [6.45, 7) is 25.6. The Hall–Kier alpha value is -4.32. The topological polar surface area (TPSA) is 161 Å². The third-order valence-electron chi connectivity index (χ3n) is 11.1. The van der Waals surface area contributed by atoms with Crippen molar-refractivity contribution in [3.63, 3.8) is 0 Å². The van der Waals surface area contributed by atoms with Crippen LogP contribution >= 0.6 is 0 Å². The zero-order chi connectivity index (χ0) is 43.1. The summed E-state index contributed by atoms with van der Waals surface area (Å²) in [5, 5.41) is 42.1. The van der Waals surface area contributed by atoms with Crippen LogP contribution < -0.4 is 20.4 Å². The summed E-state index contributed by atoms with van der Waals surface area (Å²) in [6.07, 6.45) is 4.10. The molecule has 0 heterocycles. The van der Waals surface area contributed by atoms with E-state index in [2.05, 4.69) is 83.1 Å². The number of hydrogen-bond acceptors (Lipinski definition) is 8. The van der Waals surface area contributed by atoms with Gasteiger partial charge in [0.15, 0.2) is 0 Å². The van der Waals surface area contributed by atoms with Gasteiger partial charge in [-0.25, -0.2) is 0 Å². The number of carboxylic acids is 4. The largest absolute Gasteiger partial charge is 0.545 e. The van der Waals surface area contributed by atoms with E-state index in [1.807, 2.05) is 48.5 Å². The normalized spacial score (nSPS) is 11.2. The summed E-state index contributed by atoms with van der Waals surface area (Å²) in [7, 11) is 0. The van der Waals surface area contributed by atoms with Gasteiger partial charge in [0.25, 0.3) is 0 Å². The Kier molecular flexibility index (Phi) is 21.4. The second-order valence-electron chi connectivity index (χ2n) is 16.4. The fourth-order valence-electron chi connectivity index (χ4n) is 5.05. The Labute approximate surface area is 360 Å². The zero-order valence-electron chi connectivity index (χ0n) is 35.8. The van der Waals surface area contributed by atoms with Crippen LogP contribution in [0.5, 0.6) is 0 Å². The number of carbonyl (C=O) groups excluding carboxylic acids is 4. The Morgan fingerprint density at radius 1 is 0.333 bits per heavy atom. The van der Waals surface area contributed by atoms with Gasteiger partial charge < -0.3 is 39.6 Å². The van der Waals surface area contributed by atoms with Gasteiger partial charge in [0.05, 0.1) is 23.9 Å². The maximum absolute atomic E-state index is 10.5. The fourth-order valence-corrected chi connectivity index (χ4v) is 5.05. The Morgan fingerprint density at radius 3 is 0.544 bits per heavy atom. The number of rotatable bonds is 12. The van der Waals surface area contributed by atoms with Crippen LogP contribution in [0.4, 0.5) is 0 Å².